The van der Waals surface area contributed by atoms with E-state index in [2.05, 4.69) is 10.3 Å². The summed E-state index contributed by atoms with van der Waals surface area (Å²) in [7, 11) is 0. The Balaban J connectivity index is 1.26. The Labute approximate surface area is 268 Å². The highest BCUT2D eigenvalue weighted by Gasteiger charge is 2.36. The molecule has 0 unspecified atom stereocenters. The van der Waals surface area contributed by atoms with Crippen molar-refractivity contribution in [3.05, 3.63) is 106 Å². The molecule has 1 fully saturated rings. The second-order valence-electron chi connectivity index (χ2n) is 11.4. The molecular formula is C35H30ClF3N4O3. The molecule has 0 bridgehead atoms. The summed E-state index contributed by atoms with van der Waals surface area (Å²) < 4.78 is 47.3. The zero-order chi connectivity index (χ0) is 32.4. The van der Waals surface area contributed by atoms with E-state index in [1.807, 2.05) is 24.3 Å². The number of carbonyl (C=O) groups is 2. The van der Waals surface area contributed by atoms with Crippen LogP contribution in [-0.4, -0.2) is 40.7 Å². The molecule has 236 valence electrons. The number of likely N-dealkylation sites (tertiary alicyclic amines) is 1. The van der Waals surface area contributed by atoms with Gasteiger partial charge in [-0.1, -0.05) is 23.8 Å². The molecule has 7 nitrogen and oxygen atoms in total. The molecular weight excluding hydrogens is 617 g/mol. The molecule has 2 aliphatic rings. The van der Waals surface area contributed by atoms with Crippen molar-refractivity contribution in [3.8, 4) is 11.1 Å². The minimum absolute atomic E-state index is 0.0395. The van der Waals surface area contributed by atoms with Crippen LogP contribution in [0, 0.1) is 5.82 Å². The number of nitrogens with one attached hydrogen (secondary N) is 1. The van der Waals surface area contributed by atoms with Gasteiger partial charge in [-0.15, -0.1) is 0 Å². The number of alkyl halides is 2. The summed E-state index contributed by atoms with van der Waals surface area (Å²) in [6, 6.07) is 13.2. The summed E-state index contributed by atoms with van der Waals surface area (Å²) >= 11 is 6.48. The number of hydrogen-bond acceptors (Lipinski definition) is 5. The monoisotopic (exact) mass is 646 g/mol. The lowest BCUT2D eigenvalue weighted by Gasteiger charge is -2.32. The van der Waals surface area contributed by atoms with Gasteiger partial charge in [0.25, 0.3) is 5.92 Å². The number of benzene rings is 2. The van der Waals surface area contributed by atoms with E-state index in [4.69, 9.17) is 21.8 Å². The third-order valence-corrected chi connectivity index (χ3v) is 8.45. The number of hydrogen-bond donors (Lipinski definition) is 2. The first-order valence-corrected chi connectivity index (χ1v) is 15.2. The van der Waals surface area contributed by atoms with Gasteiger partial charge in [-0.3, -0.25) is 9.59 Å². The van der Waals surface area contributed by atoms with Crippen LogP contribution in [0.3, 0.4) is 0 Å². The third-order valence-electron chi connectivity index (χ3n) is 8.14. The number of halogens is 4. The maximum Gasteiger partial charge on any atom is 0.251 e. The summed E-state index contributed by atoms with van der Waals surface area (Å²) in [6.07, 6.45) is 8.58. The van der Waals surface area contributed by atoms with E-state index in [0.717, 1.165) is 22.1 Å². The van der Waals surface area contributed by atoms with Gasteiger partial charge in [0.1, 0.15) is 23.0 Å². The maximum absolute atomic E-state index is 13.9. The van der Waals surface area contributed by atoms with E-state index in [1.54, 1.807) is 36.5 Å². The molecule has 46 heavy (non-hydrogen) atoms. The Kier molecular flexibility index (Phi) is 8.73. The van der Waals surface area contributed by atoms with Gasteiger partial charge in [0, 0.05) is 60.3 Å². The Morgan fingerprint density at radius 2 is 1.85 bits per heavy atom. The highest BCUT2D eigenvalue weighted by molar-refractivity contribution is 6.33. The first kappa shape index (κ1) is 31.2. The van der Waals surface area contributed by atoms with Crippen LogP contribution in [0.2, 0.25) is 5.02 Å². The normalized spacial score (nSPS) is 16.4. The number of pyridine rings is 1. The first-order valence-electron chi connectivity index (χ1n) is 14.8. The Bertz CT molecular complexity index is 1900. The molecule has 0 saturated carbocycles. The molecule has 0 atom stereocenters. The van der Waals surface area contributed by atoms with Crippen molar-refractivity contribution < 1.29 is 27.2 Å². The number of fused-ring (bicyclic) bond motifs is 1. The summed E-state index contributed by atoms with van der Waals surface area (Å²) in [4.78, 5) is 31.0. The molecule has 6 rings (SSSR count). The standard InChI is InChI=1S/C35H30ClF3N4O3/c36-30-18-26(37)7-8-28(30)29-17-24(22-3-5-23(6-4-22)34(45)43-13-11-35(38,39)12-14-43)15-25-16-27(46-33(25)29)20-42-32(44)10-2-21-1-9-31(40)41-19-21/h1-3,5,7-10,15-19H,4,6,11-14,20H2,(H2,40,41)(H,42,44). The number of furan rings is 1. The molecule has 1 aliphatic carbocycles. The van der Waals surface area contributed by atoms with Crippen LogP contribution in [0.4, 0.5) is 19.0 Å². The van der Waals surface area contributed by atoms with Crippen molar-refractivity contribution >= 4 is 51.9 Å². The molecule has 3 heterocycles. The minimum Gasteiger partial charge on any atom is -0.459 e. The number of nitrogens with two attached hydrogens (primary N) is 1. The molecule has 1 aliphatic heterocycles. The lowest BCUT2D eigenvalue weighted by molar-refractivity contribution is -0.133. The molecule has 4 aromatic rings. The second kappa shape index (κ2) is 12.9. The second-order valence-corrected chi connectivity index (χ2v) is 11.8. The molecule has 2 aromatic carbocycles. The van der Waals surface area contributed by atoms with Gasteiger partial charge in [0.15, 0.2) is 0 Å². The molecule has 3 N–H and O–H groups in total. The van der Waals surface area contributed by atoms with E-state index in [1.165, 1.54) is 23.1 Å². The van der Waals surface area contributed by atoms with Crippen molar-refractivity contribution in [1.29, 1.82) is 0 Å². The number of aromatic nitrogens is 1. The molecule has 2 aromatic heterocycles. The molecule has 0 radical (unpaired) electrons. The number of amides is 2. The van der Waals surface area contributed by atoms with E-state index >= 15 is 0 Å². The summed E-state index contributed by atoms with van der Waals surface area (Å²) in [5, 5.41) is 3.77. The fourth-order valence-electron chi connectivity index (χ4n) is 5.60. The van der Waals surface area contributed by atoms with E-state index in [-0.39, 0.29) is 49.3 Å². The van der Waals surface area contributed by atoms with Gasteiger partial charge < -0.3 is 20.4 Å². The number of nitrogen functional groups attached to an aromatic ring is 1. The average Bonchev–Trinajstić information content (AvgIpc) is 3.46. The Morgan fingerprint density at radius 1 is 1.04 bits per heavy atom. The zero-order valence-electron chi connectivity index (χ0n) is 24.7. The van der Waals surface area contributed by atoms with Crippen LogP contribution in [0.15, 0.2) is 82.9 Å². The number of allylic oxidation sites excluding steroid dienone is 3. The maximum atomic E-state index is 13.9. The van der Waals surface area contributed by atoms with E-state index in [0.29, 0.717) is 46.7 Å². The van der Waals surface area contributed by atoms with Crippen LogP contribution in [0.1, 0.15) is 42.6 Å². The SMILES string of the molecule is Nc1ccc(C=CC(=O)NCc2cc3cc(C4=CC=C(C(=O)N5CCC(F)(F)CC5)CC4)cc(-c4ccc(F)cc4Cl)c3o2)cn1. The van der Waals surface area contributed by atoms with E-state index < -0.39 is 11.7 Å². The summed E-state index contributed by atoms with van der Waals surface area (Å²) in [5.74, 6) is -2.84. The lowest BCUT2D eigenvalue weighted by atomic mass is 9.90. The van der Waals surface area contributed by atoms with Crippen molar-refractivity contribution in [2.24, 2.45) is 0 Å². The van der Waals surface area contributed by atoms with Crippen LogP contribution in [0.5, 0.6) is 0 Å². The number of rotatable bonds is 7. The highest BCUT2D eigenvalue weighted by atomic mass is 35.5. The average molecular weight is 647 g/mol. The molecule has 11 heteroatoms. The van der Waals surface area contributed by atoms with Gasteiger partial charge in [-0.25, -0.2) is 18.2 Å². The van der Waals surface area contributed by atoms with Crippen molar-refractivity contribution in [1.82, 2.24) is 15.2 Å². The van der Waals surface area contributed by atoms with Crippen LogP contribution in [-0.2, 0) is 16.1 Å². The predicted molar refractivity (Wildman–Crippen MR) is 172 cm³/mol. The third kappa shape index (κ3) is 7.02. The number of piperidine rings is 1. The molecule has 1 saturated heterocycles. The summed E-state index contributed by atoms with van der Waals surface area (Å²) in [6.45, 7) is 0.193. The number of nitrogens with zero attached hydrogens (tertiary/aromatic N) is 2. The van der Waals surface area contributed by atoms with Gasteiger partial charge >= 0.3 is 0 Å². The quantitative estimate of drug-likeness (QED) is 0.202. The molecule has 2 amide bonds. The minimum atomic E-state index is -2.72. The van der Waals surface area contributed by atoms with Crippen LogP contribution in [0.25, 0.3) is 33.7 Å². The van der Waals surface area contributed by atoms with Gasteiger partial charge in [0.05, 0.1) is 11.6 Å². The Morgan fingerprint density at radius 3 is 2.54 bits per heavy atom. The largest absolute Gasteiger partial charge is 0.459 e. The molecule has 0 spiro atoms. The van der Waals surface area contributed by atoms with Crippen molar-refractivity contribution in [3.63, 3.8) is 0 Å². The smallest absolute Gasteiger partial charge is 0.251 e. The van der Waals surface area contributed by atoms with Crippen molar-refractivity contribution in [2.75, 3.05) is 18.8 Å². The predicted octanol–water partition coefficient (Wildman–Crippen LogP) is 7.56. The van der Waals surface area contributed by atoms with Gasteiger partial charge in [-0.2, -0.15) is 0 Å². The lowest BCUT2D eigenvalue weighted by Crippen LogP contribution is -2.43. The van der Waals surface area contributed by atoms with Gasteiger partial charge in [-0.05, 0) is 84.1 Å². The summed E-state index contributed by atoms with van der Waals surface area (Å²) in [5.41, 5.74) is 10.5. The van der Waals surface area contributed by atoms with Crippen LogP contribution >= 0.6 is 11.6 Å². The topological polar surface area (TPSA) is 101 Å². The number of carbonyl (C=O) groups excluding carboxylic acids is 2. The Hall–Kier alpha value is -4.83. The van der Waals surface area contributed by atoms with Gasteiger partial charge in [0.2, 0.25) is 11.8 Å². The zero-order valence-corrected chi connectivity index (χ0v) is 25.4. The highest BCUT2D eigenvalue weighted by Crippen LogP contribution is 2.40. The van der Waals surface area contributed by atoms with E-state index in [9.17, 15) is 22.8 Å². The van der Waals surface area contributed by atoms with Crippen molar-refractivity contribution in [2.45, 2.75) is 38.2 Å². The fraction of sp³-hybridized carbons (Fsp3) is 0.229. The number of anilines is 1. The fourth-order valence-corrected chi connectivity index (χ4v) is 5.87. The first-order chi connectivity index (χ1) is 22.0. The van der Waals surface area contributed by atoms with Crippen LogP contribution < -0.4 is 11.1 Å².